The van der Waals surface area contributed by atoms with E-state index in [1.165, 1.54) is 36.1 Å². The van der Waals surface area contributed by atoms with Crippen molar-refractivity contribution in [1.82, 2.24) is 4.98 Å². The van der Waals surface area contributed by atoms with Crippen LogP contribution in [0.2, 0.25) is 0 Å². The normalized spacial score (nSPS) is 13.7. The molecule has 20 heavy (non-hydrogen) atoms. The van der Waals surface area contributed by atoms with Gasteiger partial charge in [-0.2, -0.15) is 0 Å². The first-order chi connectivity index (χ1) is 9.78. The second kappa shape index (κ2) is 4.56. The van der Waals surface area contributed by atoms with Crippen LogP contribution in [0, 0.1) is 5.82 Å². The third-order valence-corrected chi connectivity index (χ3v) is 4.65. The van der Waals surface area contributed by atoms with Crippen LogP contribution in [0.25, 0.3) is 10.2 Å². The molecule has 1 aromatic heterocycles. The number of hydrogen-bond acceptors (Lipinski definition) is 3. The third kappa shape index (κ3) is 2.06. The van der Waals surface area contributed by atoms with E-state index in [1.807, 2.05) is 0 Å². The Morgan fingerprint density at radius 1 is 1.05 bits per heavy atom. The minimum atomic E-state index is -0.244. The Morgan fingerprint density at radius 2 is 1.95 bits per heavy atom. The zero-order chi connectivity index (χ0) is 13.5. The van der Waals surface area contributed by atoms with Gasteiger partial charge >= 0.3 is 0 Å². The molecule has 0 aliphatic heterocycles. The molecule has 2 aromatic carbocycles. The van der Waals surface area contributed by atoms with Crippen LogP contribution < -0.4 is 5.32 Å². The zero-order valence-electron chi connectivity index (χ0n) is 10.8. The highest BCUT2D eigenvalue weighted by molar-refractivity contribution is 7.22. The molecule has 100 valence electrons. The van der Waals surface area contributed by atoms with Crippen LogP contribution in [0.3, 0.4) is 0 Å². The minimum Gasteiger partial charge on any atom is -0.332 e. The molecule has 0 bridgehead atoms. The molecule has 0 radical (unpaired) electrons. The van der Waals surface area contributed by atoms with Gasteiger partial charge in [-0.3, -0.25) is 0 Å². The van der Waals surface area contributed by atoms with Crippen molar-refractivity contribution in [3.8, 4) is 0 Å². The molecule has 4 heteroatoms. The van der Waals surface area contributed by atoms with Crippen LogP contribution >= 0.6 is 11.3 Å². The smallest absolute Gasteiger partial charge is 0.188 e. The van der Waals surface area contributed by atoms with E-state index in [9.17, 15) is 4.39 Å². The van der Waals surface area contributed by atoms with E-state index in [1.54, 1.807) is 17.4 Å². The summed E-state index contributed by atoms with van der Waals surface area (Å²) in [4.78, 5) is 4.43. The van der Waals surface area contributed by atoms with E-state index in [-0.39, 0.29) is 5.82 Å². The van der Waals surface area contributed by atoms with Crippen LogP contribution in [0.1, 0.15) is 17.5 Å². The topological polar surface area (TPSA) is 24.9 Å². The molecule has 0 saturated carbocycles. The molecule has 0 spiro atoms. The first-order valence-corrected chi connectivity index (χ1v) is 7.54. The molecular weight excluding hydrogens is 271 g/mol. The van der Waals surface area contributed by atoms with Gasteiger partial charge in [0.1, 0.15) is 5.82 Å². The molecule has 3 aromatic rings. The lowest BCUT2D eigenvalue weighted by Crippen LogP contribution is -1.91. The van der Waals surface area contributed by atoms with Gasteiger partial charge in [0.15, 0.2) is 5.13 Å². The average molecular weight is 284 g/mol. The minimum absolute atomic E-state index is 0.244. The molecular formula is C16H13FN2S. The van der Waals surface area contributed by atoms with Crippen LogP contribution in [-0.4, -0.2) is 4.98 Å². The predicted octanol–water partition coefficient (Wildman–Crippen LogP) is 4.67. The molecule has 1 heterocycles. The lowest BCUT2D eigenvalue weighted by molar-refractivity contribution is 0.629. The Bertz CT molecular complexity index is 794. The maximum atomic E-state index is 13.2. The zero-order valence-corrected chi connectivity index (χ0v) is 11.6. The molecule has 1 aliphatic rings. The maximum absolute atomic E-state index is 13.2. The summed E-state index contributed by atoms with van der Waals surface area (Å²) in [6.45, 7) is 0. The standard InChI is InChI=1S/C16H13FN2S/c17-12-5-7-15-14(9-12)19-16(20-15)18-13-6-4-10-2-1-3-11(10)8-13/h4-9H,1-3H2,(H,18,19). The Balaban J connectivity index is 1.66. The highest BCUT2D eigenvalue weighted by Crippen LogP contribution is 2.31. The number of rotatable bonds is 2. The second-order valence-electron chi connectivity index (χ2n) is 5.09. The summed E-state index contributed by atoms with van der Waals surface area (Å²) in [6, 6.07) is 11.2. The first kappa shape index (κ1) is 11.9. The molecule has 1 aliphatic carbocycles. The molecule has 0 unspecified atom stereocenters. The molecule has 0 saturated heterocycles. The van der Waals surface area contributed by atoms with Crippen molar-refractivity contribution in [2.24, 2.45) is 0 Å². The van der Waals surface area contributed by atoms with Crippen molar-refractivity contribution < 1.29 is 4.39 Å². The Kier molecular flexibility index (Phi) is 2.70. The molecule has 0 atom stereocenters. The largest absolute Gasteiger partial charge is 0.332 e. The van der Waals surface area contributed by atoms with E-state index >= 15 is 0 Å². The third-order valence-electron chi connectivity index (χ3n) is 3.70. The fourth-order valence-electron chi connectivity index (χ4n) is 2.73. The van der Waals surface area contributed by atoms with Crippen molar-refractivity contribution >= 4 is 32.4 Å². The molecule has 0 fully saturated rings. The average Bonchev–Trinajstić information content (AvgIpc) is 3.03. The van der Waals surface area contributed by atoms with Gasteiger partial charge in [0.25, 0.3) is 0 Å². The number of anilines is 2. The summed E-state index contributed by atoms with van der Waals surface area (Å²) in [7, 11) is 0. The van der Waals surface area contributed by atoms with E-state index in [0.29, 0.717) is 5.52 Å². The van der Waals surface area contributed by atoms with Gasteiger partial charge in [-0.1, -0.05) is 17.4 Å². The van der Waals surface area contributed by atoms with Crippen molar-refractivity contribution in [3.05, 3.63) is 53.3 Å². The number of halogens is 1. The fourth-order valence-corrected chi connectivity index (χ4v) is 3.59. The fraction of sp³-hybridized carbons (Fsp3) is 0.188. The van der Waals surface area contributed by atoms with Gasteiger partial charge in [0.05, 0.1) is 10.2 Å². The number of fused-ring (bicyclic) bond motifs is 2. The van der Waals surface area contributed by atoms with Gasteiger partial charge in [0.2, 0.25) is 0 Å². The summed E-state index contributed by atoms with van der Waals surface area (Å²) in [5.41, 5.74) is 4.66. The van der Waals surface area contributed by atoms with Gasteiger partial charge in [-0.25, -0.2) is 9.37 Å². The molecule has 1 N–H and O–H groups in total. The predicted molar refractivity (Wildman–Crippen MR) is 81.3 cm³/mol. The van der Waals surface area contributed by atoms with E-state index in [2.05, 4.69) is 28.5 Å². The molecule has 2 nitrogen and oxygen atoms in total. The van der Waals surface area contributed by atoms with Crippen molar-refractivity contribution in [3.63, 3.8) is 0 Å². The Labute approximate surface area is 120 Å². The van der Waals surface area contributed by atoms with Gasteiger partial charge in [0, 0.05) is 11.8 Å². The summed E-state index contributed by atoms with van der Waals surface area (Å²) in [6.07, 6.45) is 3.60. The van der Waals surface area contributed by atoms with Crippen LogP contribution in [0.15, 0.2) is 36.4 Å². The highest BCUT2D eigenvalue weighted by atomic mass is 32.1. The van der Waals surface area contributed by atoms with E-state index < -0.39 is 0 Å². The summed E-state index contributed by atoms with van der Waals surface area (Å²) >= 11 is 1.55. The summed E-state index contributed by atoms with van der Waals surface area (Å²) in [5.74, 6) is -0.244. The molecule has 4 rings (SSSR count). The monoisotopic (exact) mass is 284 g/mol. The van der Waals surface area contributed by atoms with Gasteiger partial charge < -0.3 is 5.32 Å². The summed E-state index contributed by atoms with van der Waals surface area (Å²) in [5, 5.41) is 4.14. The van der Waals surface area contributed by atoms with Crippen LogP contribution in [0.4, 0.5) is 15.2 Å². The number of benzene rings is 2. The quantitative estimate of drug-likeness (QED) is 0.740. The Morgan fingerprint density at radius 3 is 2.90 bits per heavy atom. The lowest BCUT2D eigenvalue weighted by atomic mass is 10.1. The van der Waals surface area contributed by atoms with Crippen LogP contribution in [0.5, 0.6) is 0 Å². The Hall–Kier alpha value is -1.94. The van der Waals surface area contributed by atoms with Crippen molar-refractivity contribution in [2.75, 3.05) is 5.32 Å². The van der Waals surface area contributed by atoms with Crippen molar-refractivity contribution in [2.45, 2.75) is 19.3 Å². The number of nitrogens with zero attached hydrogens (tertiary/aromatic N) is 1. The number of aryl methyl sites for hydroxylation is 2. The second-order valence-corrected chi connectivity index (χ2v) is 6.12. The summed E-state index contributed by atoms with van der Waals surface area (Å²) < 4.78 is 14.2. The number of hydrogen-bond donors (Lipinski definition) is 1. The SMILES string of the molecule is Fc1ccc2sc(Nc3ccc4c(c3)CCC4)nc2c1. The van der Waals surface area contributed by atoms with Gasteiger partial charge in [-0.15, -0.1) is 0 Å². The number of aromatic nitrogens is 1. The highest BCUT2D eigenvalue weighted by Gasteiger charge is 2.11. The molecule has 0 amide bonds. The number of nitrogens with one attached hydrogen (secondary N) is 1. The lowest BCUT2D eigenvalue weighted by Gasteiger charge is -2.05. The van der Waals surface area contributed by atoms with Gasteiger partial charge in [-0.05, 0) is 54.7 Å². The van der Waals surface area contributed by atoms with E-state index in [4.69, 9.17) is 0 Å². The van der Waals surface area contributed by atoms with E-state index in [0.717, 1.165) is 21.9 Å². The first-order valence-electron chi connectivity index (χ1n) is 6.73. The van der Waals surface area contributed by atoms with Crippen molar-refractivity contribution in [1.29, 1.82) is 0 Å². The maximum Gasteiger partial charge on any atom is 0.188 e. The van der Waals surface area contributed by atoms with Crippen LogP contribution in [-0.2, 0) is 12.8 Å². The number of thiazole rings is 1.